The largest absolute Gasteiger partial charge is 0.297 e. The number of hydrogen-bond donors (Lipinski definition) is 0. The molecule has 1 unspecified atom stereocenters. The molecule has 1 aliphatic rings. The van der Waals surface area contributed by atoms with Crippen LogP contribution < -0.4 is 0 Å². The Kier molecular flexibility index (Phi) is 2.81. The van der Waals surface area contributed by atoms with Gasteiger partial charge in [0.1, 0.15) is 0 Å². The van der Waals surface area contributed by atoms with Crippen LogP contribution in [0.2, 0.25) is 0 Å². The smallest absolute Gasteiger partial charge is 0.0705 e. The standard InChI is InChI=1S/C15H18N2/c1-12-8-9-17(10-12)11-14-7-6-13-4-2-3-5-15(13)16-14/h2-7,12H,8-11H2,1H3. The van der Waals surface area contributed by atoms with E-state index >= 15 is 0 Å². The van der Waals surface area contributed by atoms with Crippen LogP contribution in [0.5, 0.6) is 0 Å². The van der Waals surface area contributed by atoms with Crippen LogP contribution in [0.4, 0.5) is 0 Å². The molecule has 0 radical (unpaired) electrons. The summed E-state index contributed by atoms with van der Waals surface area (Å²) in [7, 11) is 0. The van der Waals surface area contributed by atoms with Gasteiger partial charge in [0.25, 0.3) is 0 Å². The molecule has 2 heterocycles. The van der Waals surface area contributed by atoms with Crippen molar-refractivity contribution in [1.29, 1.82) is 0 Å². The lowest BCUT2D eigenvalue weighted by atomic mass is 10.2. The van der Waals surface area contributed by atoms with Gasteiger partial charge in [-0.3, -0.25) is 9.88 Å². The number of fused-ring (bicyclic) bond motifs is 1. The summed E-state index contributed by atoms with van der Waals surface area (Å²) in [5.41, 5.74) is 2.30. The van der Waals surface area contributed by atoms with Gasteiger partial charge in [0, 0.05) is 18.5 Å². The molecular formula is C15H18N2. The third kappa shape index (κ3) is 2.32. The Hall–Kier alpha value is -1.41. The van der Waals surface area contributed by atoms with E-state index in [1.165, 1.54) is 30.6 Å². The van der Waals surface area contributed by atoms with Crippen molar-refractivity contribution in [2.24, 2.45) is 5.92 Å². The van der Waals surface area contributed by atoms with Gasteiger partial charge in [0.2, 0.25) is 0 Å². The molecule has 1 atom stereocenters. The molecule has 2 aromatic rings. The Morgan fingerprint density at radius 2 is 2.12 bits per heavy atom. The van der Waals surface area contributed by atoms with Crippen LogP contribution in [-0.4, -0.2) is 23.0 Å². The molecule has 0 saturated carbocycles. The number of rotatable bonds is 2. The highest BCUT2D eigenvalue weighted by molar-refractivity contribution is 5.78. The van der Waals surface area contributed by atoms with Crippen LogP contribution in [0.3, 0.4) is 0 Å². The zero-order chi connectivity index (χ0) is 11.7. The number of benzene rings is 1. The first-order valence-corrected chi connectivity index (χ1v) is 6.38. The average Bonchev–Trinajstić information content (AvgIpc) is 2.75. The zero-order valence-electron chi connectivity index (χ0n) is 10.3. The molecule has 0 spiro atoms. The quantitative estimate of drug-likeness (QED) is 0.782. The van der Waals surface area contributed by atoms with E-state index in [1.54, 1.807) is 0 Å². The minimum Gasteiger partial charge on any atom is -0.297 e. The maximum Gasteiger partial charge on any atom is 0.0705 e. The average molecular weight is 226 g/mol. The van der Waals surface area contributed by atoms with Gasteiger partial charge in [-0.25, -0.2) is 0 Å². The minimum absolute atomic E-state index is 0.843. The lowest BCUT2D eigenvalue weighted by molar-refractivity contribution is 0.317. The molecule has 0 bridgehead atoms. The van der Waals surface area contributed by atoms with Crippen LogP contribution in [0, 0.1) is 5.92 Å². The van der Waals surface area contributed by atoms with Crippen LogP contribution in [0.25, 0.3) is 10.9 Å². The fourth-order valence-electron chi connectivity index (χ4n) is 2.60. The summed E-state index contributed by atoms with van der Waals surface area (Å²) in [4.78, 5) is 7.22. The predicted molar refractivity (Wildman–Crippen MR) is 70.8 cm³/mol. The van der Waals surface area contributed by atoms with Gasteiger partial charge in [-0.05, 0) is 31.0 Å². The summed E-state index contributed by atoms with van der Waals surface area (Å²) in [5.74, 6) is 0.843. The molecule has 1 saturated heterocycles. The van der Waals surface area contributed by atoms with Crippen molar-refractivity contribution in [3.8, 4) is 0 Å². The topological polar surface area (TPSA) is 16.1 Å². The molecule has 1 fully saturated rings. The third-order valence-corrected chi connectivity index (χ3v) is 3.55. The third-order valence-electron chi connectivity index (χ3n) is 3.55. The van der Waals surface area contributed by atoms with Crippen molar-refractivity contribution >= 4 is 10.9 Å². The normalized spacial score (nSPS) is 21.1. The summed E-state index contributed by atoms with van der Waals surface area (Å²) in [6, 6.07) is 12.7. The summed E-state index contributed by atoms with van der Waals surface area (Å²) in [5, 5.41) is 1.23. The second-order valence-electron chi connectivity index (χ2n) is 5.12. The van der Waals surface area contributed by atoms with E-state index in [0.29, 0.717) is 0 Å². The molecule has 3 rings (SSSR count). The van der Waals surface area contributed by atoms with Crippen molar-refractivity contribution in [3.05, 3.63) is 42.1 Å². The Morgan fingerprint density at radius 1 is 1.24 bits per heavy atom. The molecular weight excluding hydrogens is 208 g/mol. The van der Waals surface area contributed by atoms with E-state index < -0.39 is 0 Å². The van der Waals surface area contributed by atoms with Crippen LogP contribution in [-0.2, 0) is 6.54 Å². The second-order valence-corrected chi connectivity index (χ2v) is 5.12. The minimum atomic E-state index is 0.843. The van der Waals surface area contributed by atoms with Crippen molar-refractivity contribution in [3.63, 3.8) is 0 Å². The van der Waals surface area contributed by atoms with Gasteiger partial charge in [0.05, 0.1) is 11.2 Å². The van der Waals surface area contributed by atoms with Gasteiger partial charge in [0.15, 0.2) is 0 Å². The molecule has 2 heteroatoms. The van der Waals surface area contributed by atoms with E-state index in [1.807, 2.05) is 0 Å². The lowest BCUT2D eigenvalue weighted by Crippen LogP contribution is -2.20. The highest BCUT2D eigenvalue weighted by atomic mass is 15.1. The van der Waals surface area contributed by atoms with Gasteiger partial charge in [-0.1, -0.05) is 31.2 Å². The van der Waals surface area contributed by atoms with Gasteiger partial charge >= 0.3 is 0 Å². The molecule has 1 aliphatic heterocycles. The first-order valence-electron chi connectivity index (χ1n) is 6.38. The SMILES string of the molecule is CC1CCN(Cc2ccc3ccccc3n2)C1. The highest BCUT2D eigenvalue weighted by Crippen LogP contribution is 2.18. The van der Waals surface area contributed by atoms with Crippen molar-refractivity contribution in [2.45, 2.75) is 19.9 Å². The molecule has 1 aromatic carbocycles. The van der Waals surface area contributed by atoms with E-state index in [0.717, 1.165) is 18.0 Å². The Morgan fingerprint density at radius 3 is 2.94 bits per heavy atom. The fourth-order valence-corrected chi connectivity index (χ4v) is 2.60. The number of hydrogen-bond acceptors (Lipinski definition) is 2. The monoisotopic (exact) mass is 226 g/mol. The number of pyridine rings is 1. The maximum absolute atomic E-state index is 4.72. The number of nitrogens with zero attached hydrogens (tertiary/aromatic N) is 2. The lowest BCUT2D eigenvalue weighted by Gasteiger charge is -2.14. The van der Waals surface area contributed by atoms with E-state index in [4.69, 9.17) is 4.98 Å². The molecule has 0 N–H and O–H groups in total. The van der Waals surface area contributed by atoms with Crippen molar-refractivity contribution in [2.75, 3.05) is 13.1 Å². The number of likely N-dealkylation sites (tertiary alicyclic amines) is 1. The highest BCUT2D eigenvalue weighted by Gasteiger charge is 2.18. The summed E-state index contributed by atoms with van der Waals surface area (Å²) < 4.78 is 0. The molecule has 1 aromatic heterocycles. The Bertz CT molecular complexity index is 521. The molecule has 88 valence electrons. The zero-order valence-corrected chi connectivity index (χ0v) is 10.3. The molecule has 2 nitrogen and oxygen atoms in total. The van der Waals surface area contributed by atoms with Crippen molar-refractivity contribution < 1.29 is 0 Å². The summed E-state index contributed by atoms with van der Waals surface area (Å²) in [6.45, 7) is 5.76. The first kappa shape index (κ1) is 10.7. The Labute approximate surface area is 102 Å². The summed E-state index contributed by atoms with van der Waals surface area (Å²) in [6.07, 6.45) is 1.33. The van der Waals surface area contributed by atoms with Crippen LogP contribution in [0.15, 0.2) is 36.4 Å². The maximum atomic E-state index is 4.72. The fraction of sp³-hybridized carbons (Fsp3) is 0.400. The van der Waals surface area contributed by atoms with Crippen molar-refractivity contribution in [1.82, 2.24) is 9.88 Å². The van der Waals surface area contributed by atoms with Crippen LogP contribution >= 0.6 is 0 Å². The van der Waals surface area contributed by atoms with Gasteiger partial charge in [-0.15, -0.1) is 0 Å². The van der Waals surface area contributed by atoms with Gasteiger partial charge < -0.3 is 0 Å². The molecule has 0 aliphatic carbocycles. The number of aromatic nitrogens is 1. The van der Waals surface area contributed by atoms with E-state index in [9.17, 15) is 0 Å². The predicted octanol–water partition coefficient (Wildman–Crippen LogP) is 3.08. The van der Waals surface area contributed by atoms with E-state index in [-0.39, 0.29) is 0 Å². The van der Waals surface area contributed by atoms with Gasteiger partial charge in [-0.2, -0.15) is 0 Å². The van der Waals surface area contributed by atoms with E-state index in [2.05, 4.69) is 48.2 Å². The molecule has 17 heavy (non-hydrogen) atoms. The summed E-state index contributed by atoms with van der Waals surface area (Å²) >= 11 is 0. The first-order chi connectivity index (χ1) is 8.31. The number of para-hydroxylation sites is 1. The van der Waals surface area contributed by atoms with Crippen LogP contribution in [0.1, 0.15) is 19.0 Å². The second kappa shape index (κ2) is 4.46. The molecule has 0 amide bonds. The Balaban J connectivity index is 1.81.